The fourth-order valence-electron chi connectivity index (χ4n) is 2.78. The Morgan fingerprint density at radius 3 is 2.90 bits per heavy atom. The second-order valence-corrected chi connectivity index (χ2v) is 5.59. The maximum atomic E-state index is 11.5. The lowest BCUT2D eigenvalue weighted by Gasteiger charge is -2.20. The molecule has 2 N–H and O–H groups in total. The van der Waals surface area contributed by atoms with Gasteiger partial charge in [0.1, 0.15) is 11.4 Å². The lowest BCUT2D eigenvalue weighted by Crippen LogP contribution is -2.24. The summed E-state index contributed by atoms with van der Waals surface area (Å²) in [5.74, 6) is 0.178. The maximum absolute atomic E-state index is 11.5. The van der Waals surface area contributed by atoms with Crippen LogP contribution in [0, 0.1) is 16.0 Å². The number of benzene rings is 1. The second kappa shape index (κ2) is 6.76. The van der Waals surface area contributed by atoms with E-state index in [0.29, 0.717) is 24.5 Å². The molecule has 1 fully saturated rings. The van der Waals surface area contributed by atoms with Crippen molar-refractivity contribution in [1.82, 2.24) is 0 Å². The van der Waals surface area contributed by atoms with Gasteiger partial charge in [0.2, 0.25) is 0 Å². The SMILES string of the molecule is CCCNc1cccc(N2CCC(C(C)O)C2)c1[N+](=O)[O-]. The number of nitro benzene ring substituents is 1. The van der Waals surface area contributed by atoms with Crippen molar-refractivity contribution in [3.8, 4) is 0 Å². The number of aliphatic hydroxyl groups is 1. The van der Waals surface area contributed by atoms with Crippen LogP contribution in [0.15, 0.2) is 18.2 Å². The van der Waals surface area contributed by atoms with E-state index in [0.717, 1.165) is 19.4 Å². The fourth-order valence-corrected chi connectivity index (χ4v) is 2.78. The maximum Gasteiger partial charge on any atom is 0.315 e. The first-order valence-corrected chi connectivity index (χ1v) is 7.48. The van der Waals surface area contributed by atoms with Gasteiger partial charge in [-0.25, -0.2) is 0 Å². The van der Waals surface area contributed by atoms with Gasteiger partial charge in [-0.2, -0.15) is 0 Å². The van der Waals surface area contributed by atoms with Crippen LogP contribution >= 0.6 is 0 Å². The van der Waals surface area contributed by atoms with Crippen molar-refractivity contribution >= 4 is 17.1 Å². The number of rotatable bonds is 6. The zero-order chi connectivity index (χ0) is 15.4. The van der Waals surface area contributed by atoms with Gasteiger partial charge in [-0.1, -0.05) is 13.0 Å². The Bertz CT molecular complexity index is 505. The molecule has 0 radical (unpaired) electrons. The Kier molecular flexibility index (Phi) is 5.01. The molecule has 0 saturated carbocycles. The average Bonchev–Trinajstić information content (AvgIpc) is 2.94. The van der Waals surface area contributed by atoms with Crippen LogP contribution in [0.4, 0.5) is 17.1 Å². The lowest BCUT2D eigenvalue weighted by molar-refractivity contribution is -0.383. The third-order valence-electron chi connectivity index (χ3n) is 4.01. The highest BCUT2D eigenvalue weighted by molar-refractivity contribution is 5.77. The number of nitrogens with zero attached hydrogens (tertiary/aromatic N) is 2. The minimum Gasteiger partial charge on any atom is -0.393 e. The van der Waals surface area contributed by atoms with Crippen LogP contribution in [0.2, 0.25) is 0 Å². The summed E-state index contributed by atoms with van der Waals surface area (Å²) in [5.41, 5.74) is 1.35. The van der Waals surface area contributed by atoms with Crippen molar-refractivity contribution < 1.29 is 10.0 Å². The van der Waals surface area contributed by atoms with E-state index in [1.165, 1.54) is 0 Å². The first-order chi connectivity index (χ1) is 10.0. The number of hydrogen-bond acceptors (Lipinski definition) is 5. The largest absolute Gasteiger partial charge is 0.393 e. The van der Waals surface area contributed by atoms with E-state index < -0.39 is 0 Å². The first kappa shape index (κ1) is 15.6. The number of nitrogens with one attached hydrogen (secondary N) is 1. The van der Waals surface area contributed by atoms with Crippen LogP contribution < -0.4 is 10.2 Å². The Morgan fingerprint density at radius 2 is 2.33 bits per heavy atom. The third kappa shape index (κ3) is 3.44. The van der Waals surface area contributed by atoms with Gasteiger partial charge >= 0.3 is 5.69 Å². The molecule has 1 aromatic carbocycles. The monoisotopic (exact) mass is 293 g/mol. The summed E-state index contributed by atoms with van der Waals surface area (Å²) in [4.78, 5) is 13.2. The summed E-state index contributed by atoms with van der Waals surface area (Å²) in [6.07, 6.45) is 1.40. The molecule has 0 bridgehead atoms. The fraction of sp³-hybridized carbons (Fsp3) is 0.600. The Morgan fingerprint density at radius 1 is 1.57 bits per heavy atom. The molecule has 0 amide bonds. The van der Waals surface area contributed by atoms with Gasteiger partial charge in [-0.05, 0) is 31.9 Å². The molecule has 2 unspecified atom stereocenters. The first-order valence-electron chi connectivity index (χ1n) is 7.48. The Labute approximate surface area is 124 Å². The molecule has 6 nitrogen and oxygen atoms in total. The van der Waals surface area contributed by atoms with E-state index in [2.05, 4.69) is 5.32 Å². The predicted octanol–water partition coefficient (Wildman–Crippen LogP) is 2.62. The van der Waals surface area contributed by atoms with E-state index in [-0.39, 0.29) is 22.6 Å². The molecule has 1 saturated heterocycles. The van der Waals surface area contributed by atoms with Crippen LogP contribution in [-0.2, 0) is 0 Å². The van der Waals surface area contributed by atoms with Crippen molar-refractivity contribution in [2.75, 3.05) is 29.9 Å². The van der Waals surface area contributed by atoms with E-state index >= 15 is 0 Å². The molecule has 0 spiro atoms. The molecule has 116 valence electrons. The van der Waals surface area contributed by atoms with Gasteiger partial charge in [-0.3, -0.25) is 10.1 Å². The molecule has 1 aliphatic heterocycles. The van der Waals surface area contributed by atoms with Crippen LogP contribution in [0.3, 0.4) is 0 Å². The van der Waals surface area contributed by atoms with Gasteiger partial charge in [0.25, 0.3) is 0 Å². The van der Waals surface area contributed by atoms with Crippen LogP contribution in [-0.4, -0.2) is 35.8 Å². The van der Waals surface area contributed by atoms with Crippen LogP contribution in [0.1, 0.15) is 26.7 Å². The van der Waals surface area contributed by atoms with Gasteiger partial charge < -0.3 is 15.3 Å². The number of aliphatic hydroxyl groups excluding tert-OH is 1. The number of hydrogen-bond donors (Lipinski definition) is 2. The predicted molar refractivity (Wildman–Crippen MR) is 83.9 cm³/mol. The smallest absolute Gasteiger partial charge is 0.315 e. The summed E-state index contributed by atoms with van der Waals surface area (Å²) in [6.45, 7) is 5.92. The topological polar surface area (TPSA) is 78.6 Å². The molecule has 6 heteroatoms. The van der Waals surface area contributed by atoms with E-state index in [9.17, 15) is 15.2 Å². The van der Waals surface area contributed by atoms with Crippen molar-refractivity contribution in [1.29, 1.82) is 0 Å². The molecule has 2 atom stereocenters. The van der Waals surface area contributed by atoms with E-state index in [1.54, 1.807) is 19.1 Å². The average molecular weight is 293 g/mol. The minimum atomic E-state index is -0.379. The number of para-hydroxylation sites is 1. The summed E-state index contributed by atoms with van der Waals surface area (Å²) < 4.78 is 0. The summed E-state index contributed by atoms with van der Waals surface area (Å²) in [5, 5.41) is 24.3. The third-order valence-corrected chi connectivity index (χ3v) is 4.01. The van der Waals surface area contributed by atoms with Crippen molar-refractivity contribution in [3.63, 3.8) is 0 Å². The molecule has 0 aliphatic carbocycles. The zero-order valence-corrected chi connectivity index (χ0v) is 12.6. The molecular weight excluding hydrogens is 270 g/mol. The molecule has 2 rings (SSSR count). The standard InChI is InChI=1S/C15H23N3O3/c1-3-8-16-13-5-4-6-14(15(13)18(20)21)17-9-7-12(10-17)11(2)19/h4-6,11-12,16,19H,3,7-10H2,1-2H3. The molecular formula is C15H23N3O3. The highest BCUT2D eigenvalue weighted by Gasteiger charge is 2.31. The molecule has 21 heavy (non-hydrogen) atoms. The van der Waals surface area contributed by atoms with E-state index in [4.69, 9.17) is 0 Å². The van der Waals surface area contributed by atoms with Gasteiger partial charge in [0, 0.05) is 25.6 Å². The van der Waals surface area contributed by atoms with Crippen LogP contribution in [0.5, 0.6) is 0 Å². The van der Waals surface area contributed by atoms with Crippen molar-refractivity contribution in [3.05, 3.63) is 28.3 Å². The Balaban J connectivity index is 2.29. The summed E-state index contributed by atoms with van der Waals surface area (Å²) in [6, 6.07) is 5.38. The highest BCUT2D eigenvalue weighted by Crippen LogP contribution is 2.38. The lowest BCUT2D eigenvalue weighted by atomic mass is 10.0. The minimum absolute atomic E-state index is 0.136. The van der Waals surface area contributed by atoms with Crippen LogP contribution in [0.25, 0.3) is 0 Å². The molecule has 0 aromatic heterocycles. The van der Waals surface area contributed by atoms with E-state index in [1.807, 2.05) is 17.9 Å². The second-order valence-electron chi connectivity index (χ2n) is 5.59. The van der Waals surface area contributed by atoms with Crippen molar-refractivity contribution in [2.24, 2.45) is 5.92 Å². The van der Waals surface area contributed by atoms with Crippen molar-refractivity contribution in [2.45, 2.75) is 32.8 Å². The quantitative estimate of drug-likeness (QED) is 0.622. The number of nitro groups is 1. The molecule has 1 heterocycles. The van der Waals surface area contributed by atoms with Gasteiger partial charge in [0.05, 0.1) is 11.0 Å². The molecule has 1 aromatic rings. The van der Waals surface area contributed by atoms with Gasteiger partial charge in [0.15, 0.2) is 0 Å². The zero-order valence-electron chi connectivity index (χ0n) is 12.6. The molecule has 1 aliphatic rings. The van der Waals surface area contributed by atoms with Gasteiger partial charge in [-0.15, -0.1) is 0 Å². The Hall–Kier alpha value is -1.82. The summed E-state index contributed by atoms with van der Waals surface area (Å²) >= 11 is 0. The number of anilines is 2. The highest BCUT2D eigenvalue weighted by atomic mass is 16.6. The summed E-state index contributed by atoms with van der Waals surface area (Å²) in [7, 11) is 0. The normalized spacial score (nSPS) is 19.6.